The van der Waals surface area contributed by atoms with Gasteiger partial charge in [0.1, 0.15) is 12.4 Å². The number of rotatable bonds is 6. The number of hydrogen-bond donors (Lipinski definition) is 2. The van der Waals surface area contributed by atoms with Crippen LogP contribution in [0.25, 0.3) is 22.3 Å². The fraction of sp³-hybridized carbons (Fsp3) is 0.364. The van der Waals surface area contributed by atoms with E-state index in [2.05, 4.69) is 4.90 Å². The Kier molecular flexibility index (Phi) is 5.78. The van der Waals surface area contributed by atoms with Crippen LogP contribution >= 0.6 is 0 Å². The van der Waals surface area contributed by atoms with Crippen LogP contribution in [-0.4, -0.2) is 68.6 Å². The molecule has 4 rings (SSSR count). The third kappa shape index (κ3) is 3.97. The molecule has 0 aliphatic carbocycles. The molecule has 2 heterocycles. The molecule has 0 unspecified atom stereocenters. The molecular weight excluding hydrogens is 368 g/mol. The van der Waals surface area contributed by atoms with Crippen LogP contribution in [0.15, 0.2) is 42.5 Å². The van der Waals surface area contributed by atoms with E-state index in [1.165, 1.54) is 4.90 Å². The predicted octanol–water partition coefficient (Wildman–Crippen LogP) is 1.01. The number of piperazine rings is 1. The maximum atomic E-state index is 9.23. The summed E-state index contributed by atoms with van der Waals surface area (Å²) < 4.78 is 11.0. The molecule has 1 aliphatic heterocycles. The van der Waals surface area contributed by atoms with Crippen LogP contribution in [0.2, 0.25) is 0 Å². The van der Waals surface area contributed by atoms with Crippen LogP contribution < -0.4 is 19.3 Å². The Labute approximate surface area is 170 Å². The average Bonchev–Trinajstić information content (AvgIpc) is 2.78. The van der Waals surface area contributed by atoms with E-state index in [4.69, 9.17) is 19.4 Å². The summed E-state index contributed by atoms with van der Waals surface area (Å²) in [6.07, 6.45) is 0. The van der Waals surface area contributed by atoms with E-state index < -0.39 is 0 Å². The Morgan fingerprint density at radius 2 is 1.69 bits per heavy atom. The number of quaternary nitrogens is 1. The summed E-state index contributed by atoms with van der Waals surface area (Å²) >= 11 is 0. The number of benzene rings is 2. The SMILES string of the molecule is COc1cc2nc(-c3ccccc3)nc(N3CC[NH+](CCO)CC3)c2cc1OC. The molecule has 1 aromatic heterocycles. The van der Waals surface area contributed by atoms with Gasteiger partial charge in [-0.05, 0) is 6.07 Å². The average molecular weight is 395 g/mol. The summed E-state index contributed by atoms with van der Waals surface area (Å²) in [6, 6.07) is 13.9. The van der Waals surface area contributed by atoms with Gasteiger partial charge in [0, 0.05) is 17.0 Å². The third-order valence-electron chi connectivity index (χ3n) is 5.45. The molecule has 1 fully saturated rings. The normalized spacial score (nSPS) is 14.9. The molecule has 0 amide bonds. The quantitative estimate of drug-likeness (QED) is 0.649. The summed E-state index contributed by atoms with van der Waals surface area (Å²) in [5, 5.41) is 10.2. The molecule has 1 saturated heterocycles. The zero-order chi connectivity index (χ0) is 20.2. The van der Waals surface area contributed by atoms with E-state index >= 15 is 0 Å². The van der Waals surface area contributed by atoms with Crippen molar-refractivity contribution >= 4 is 16.7 Å². The van der Waals surface area contributed by atoms with E-state index in [0.29, 0.717) is 17.3 Å². The number of nitrogens with one attached hydrogen (secondary N) is 1. The fourth-order valence-electron chi connectivity index (χ4n) is 3.84. The summed E-state index contributed by atoms with van der Waals surface area (Å²) in [4.78, 5) is 13.5. The minimum absolute atomic E-state index is 0.223. The minimum atomic E-state index is 0.223. The summed E-state index contributed by atoms with van der Waals surface area (Å²) in [7, 11) is 3.27. The Morgan fingerprint density at radius 3 is 2.34 bits per heavy atom. The zero-order valence-corrected chi connectivity index (χ0v) is 16.9. The third-order valence-corrected chi connectivity index (χ3v) is 5.45. The van der Waals surface area contributed by atoms with Gasteiger partial charge in [0.05, 0.1) is 52.5 Å². The van der Waals surface area contributed by atoms with E-state index in [-0.39, 0.29) is 6.61 Å². The maximum absolute atomic E-state index is 9.23. The number of aliphatic hydroxyl groups is 1. The highest BCUT2D eigenvalue weighted by Crippen LogP contribution is 2.36. The van der Waals surface area contributed by atoms with Crippen LogP contribution in [0.1, 0.15) is 0 Å². The van der Waals surface area contributed by atoms with Gasteiger partial charge in [0.2, 0.25) is 0 Å². The predicted molar refractivity (Wildman–Crippen MR) is 113 cm³/mol. The highest BCUT2D eigenvalue weighted by atomic mass is 16.5. The number of fused-ring (bicyclic) bond motifs is 1. The lowest BCUT2D eigenvalue weighted by Crippen LogP contribution is -3.15. The lowest BCUT2D eigenvalue weighted by molar-refractivity contribution is -0.900. The number of nitrogens with zero attached hydrogens (tertiary/aromatic N) is 3. The number of aromatic nitrogens is 2. The van der Waals surface area contributed by atoms with Gasteiger partial charge in [-0.3, -0.25) is 0 Å². The molecule has 0 saturated carbocycles. The second kappa shape index (κ2) is 8.63. The molecule has 29 heavy (non-hydrogen) atoms. The topological polar surface area (TPSA) is 72.2 Å². The molecule has 0 atom stereocenters. The van der Waals surface area contributed by atoms with Gasteiger partial charge in [-0.25, -0.2) is 9.97 Å². The van der Waals surface area contributed by atoms with Crippen molar-refractivity contribution in [2.45, 2.75) is 0 Å². The van der Waals surface area contributed by atoms with Crippen molar-refractivity contribution in [3.63, 3.8) is 0 Å². The van der Waals surface area contributed by atoms with Crippen molar-refractivity contribution in [2.75, 3.05) is 58.5 Å². The first-order chi connectivity index (χ1) is 14.2. The Hall–Kier alpha value is -2.90. The van der Waals surface area contributed by atoms with Crippen molar-refractivity contribution in [1.82, 2.24) is 9.97 Å². The highest BCUT2D eigenvalue weighted by molar-refractivity contribution is 5.93. The molecule has 7 nitrogen and oxygen atoms in total. The smallest absolute Gasteiger partial charge is 0.162 e. The molecule has 7 heteroatoms. The molecule has 152 valence electrons. The number of aliphatic hydroxyl groups excluding tert-OH is 1. The summed E-state index contributed by atoms with van der Waals surface area (Å²) in [5.74, 6) is 2.94. The molecule has 1 aliphatic rings. The lowest BCUT2D eigenvalue weighted by Gasteiger charge is -2.33. The Morgan fingerprint density at radius 1 is 1.00 bits per heavy atom. The van der Waals surface area contributed by atoms with Gasteiger partial charge in [0.15, 0.2) is 17.3 Å². The van der Waals surface area contributed by atoms with Gasteiger partial charge >= 0.3 is 0 Å². The zero-order valence-electron chi connectivity index (χ0n) is 16.9. The fourth-order valence-corrected chi connectivity index (χ4v) is 3.84. The second-order valence-corrected chi connectivity index (χ2v) is 7.17. The van der Waals surface area contributed by atoms with Gasteiger partial charge in [-0.1, -0.05) is 30.3 Å². The number of ether oxygens (including phenoxy) is 2. The Bertz CT molecular complexity index is 973. The van der Waals surface area contributed by atoms with Gasteiger partial charge in [-0.15, -0.1) is 0 Å². The van der Waals surface area contributed by atoms with Crippen molar-refractivity contribution in [3.8, 4) is 22.9 Å². The first kappa shape index (κ1) is 19.4. The molecule has 2 aromatic carbocycles. The molecule has 0 bridgehead atoms. The van der Waals surface area contributed by atoms with E-state index in [1.807, 2.05) is 42.5 Å². The molecule has 3 aromatic rings. The van der Waals surface area contributed by atoms with Crippen molar-refractivity contribution < 1.29 is 19.5 Å². The van der Waals surface area contributed by atoms with Crippen LogP contribution in [0.4, 0.5) is 5.82 Å². The van der Waals surface area contributed by atoms with Gasteiger partial charge in [-0.2, -0.15) is 0 Å². The number of hydrogen-bond acceptors (Lipinski definition) is 6. The van der Waals surface area contributed by atoms with Crippen molar-refractivity contribution in [1.29, 1.82) is 0 Å². The summed E-state index contributed by atoms with van der Waals surface area (Å²) in [6.45, 7) is 4.72. The Balaban J connectivity index is 1.82. The van der Waals surface area contributed by atoms with Crippen LogP contribution in [0, 0.1) is 0 Å². The van der Waals surface area contributed by atoms with Gasteiger partial charge in [0.25, 0.3) is 0 Å². The first-order valence-corrected chi connectivity index (χ1v) is 9.92. The number of methoxy groups -OCH3 is 2. The molecule has 0 spiro atoms. The van der Waals surface area contributed by atoms with E-state index in [9.17, 15) is 5.11 Å². The lowest BCUT2D eigenvalue weighted by atomic mass is 10.1. The largest absolute Gasteiger partial charge is 0.493 e. The van der Waals surface area contributed by atoms with E-state index in [0.717, 1.165) is 55.0 Å². The highest BCUT2D eigenvalue weighted by Gasteiger charge is 2.24. The first-order valence-electron chi connectivity index (χ1n) is 9.92. The van der Waals surface area contributed by atoms with Crippen molar-refractivity contribution in [2.24, 2.45) is 0 Å². The number of anilines is 1. The van der Waals surface area contributed by atoms with Crippen LogP contribution in [0.5, 0.6) is 11.5 Å². The molecule has 0 radical (unpaired) electrons. The maximum Gasteiger partial charge on any atom is 0.162 e. The second-order valence-electron chi connectivity index (χ2n) is 7.17. The minimum Gasteiger partial charge on any atom is -0.493 e. The molecule has 2 N–H and O–H groups in total. The standard InChI is InChI=1S/C22H26N4O3/c1-28-19-14-17-18(15-20(19)29-2)23-21(16-6-4-3-5-7-16)24-22(17)26-10-8-25(9-11-26)12-13-27/h3-7,14-15,27H,8-13H2,1-2H3/p+1. The van der Waals surface area contributed by atoms with Crippen LogP contribution in [0.3, 0.4) is 0 Å². The monoisotopic (exact) mass is 395 g/mol. The summed E-state index contributed by atoms with van der Waals surface area (Å²) in [5.41, 5.74) is 1.81. The van der Waals surface area contributed by atoms with Gasteiger partial charge < -0.3 is 24.4 Å². The van der Waals surface area contributed by atoms with Crippen LogP contribution in [-0.2, 0) is 0 Å². The van der Waals surface area contributed by atoms with E-state index in [1.54, 1.807) is 14.2 Å². The van der Waals surface area contributed by atoms with Crippen molar-refractivity contribution in [3.05, 3.63) is 42.5 Å². The molecular formula is C22H27N4O3+.